The zero-order valence-corrected chi connectivity index (χ0v) is 11.0. The Hall–Kier alpha value is -1.29. The predicted octanol–water partition coefficient (Wildman–Crippen LogP) is 1.58. The molecular formula is C14H15NO2S. The number of imide groups is 1. The number of fused-ring (bicyclic) bond motifs is 1. The van der Waals surface area contributed by atoms with Crippen molar-refractivity contribution in [3.63, 3.8) is 0 Å². The molecule has 0 aliphatic carbocycles. The molecule has 2 aliphatic rings. The van der Waals surface area contributed by atoms with Crippen LogP contribution in [0.4, 0.5) is 0 Å². The highest BCUT2D eigenvalue weighted by atomic mass is 32.2. The fourth-order valence-electron chi connectivity index (χ4n) is 2.86. The van der Waals surface area contributed by atoms with Crippen LogP contribution in [0.15, 0.2) is 30.3 Å². The van der Waals surface area contributed by atoms with Crippen molar-refractivity contribution >= 4 is 23.6 Å². The minimum absolute atomic E-state index is 0.00746. The van der Waals surface area contributed by atoms with E-state index < -0.39 is 0 Å². The van der Waals surface area contributed by atoms with Gasteiger partial charge in [0.05, 0.1) is 11.8 Å². The number of hydrogen-bond acceptors (Lipinski definition) is 3. The lowest BCUT2D eigenvalue weighted by atomic mass is 9.90. The average molecular weight is 261 g/mol. The van der Waals surface area contributed by atoms with Crippen LogP contribution in [-0.2, 0) is 16.0 Å². The van der Waals surface area contributed by atoms with Crippen molar-refractivity contribution in [3.8, 4) is 0 Å². The van der Waals surface area contributed by atoms with Crippen molar-refractivity contribution < 1.29 is 9.59 Å². The molecule has 3 nitrogen and oxygen atoms in total. The van der Waals surface area contributed by atoms with Crippen LogP contribution >= 0.6 is 11.8 Å². The summed E-state index contributed by atoms with van der Waals surface area (Å²) in [4.78, 5) is 25.3. The predicted molar refractivity (Wildman–Crippen MR) is 71.1 cm³/mol. The van der Waals surface area contributed by atoms with Crippen molar-refractivity contribution in [2.45, 2.75) is 11.7 Å². The molecule has 3 rings (SSSR count). The van der Waals surface area contributed by atoms with Gasteiger partial charge in [0.1, 0.15) is 0 Å². The van der Waals surface area contributed by atoms with E-state index in [9.17, 15) is 9.59 Å². The van der Waals surface area contributed by atoms with Crippen LogP contribution in [0, 0.1) is 11.8 Å². The molecule has 3 atom stereocenters. The summed E-state index contributed by atoms with van der Waals surface area (Å²) in [5.74, 6) is 0.620. The number of thioether (sulfide) groups is 1. The first-order chi connectivity index (χ1) is 8.68. The molecule has 1 aromatic carbocycles. The van der Waals surface area contributed by atoms with E-state index in [0.717, 1.165) is 12.2 Å². The number of carbonyl (C=O) groups is 2. The van der Waals surface area contributed by atoms with Gasteiger partial charge in [0.25, 0.3) is 0 Å². The molecular weight excluding hydrogens is 246 g/mol. The van der Waals surface area contributed by atoms with Crippen LogP contribution in [-0.4, -0.2) is 34.8 Å². The molecule has 0 radical (unpaired) electrons. The van der Waals surface area contributed by atoms with Gasteiger partial charge >= 0.3 is 0 Å². The van der Waals surface area contributed by atoms with E-state index in [1.807, 2.05) is 18.2 Å². The molecule has 18 heavy (non-hydrogen) atoms. The number of amides is 2. The second kappa shape index (κ2) is 4.43. The normalized spacial score (nSPS) is 30.9. The van der Waals surface area contributed by atoms with Crippen LogP contribution in [0.3, 0.4) is 0 Å². The largest absolute Gasteiger partial charge is 0.285 e. The van der Waals surface area contributed by atoms with Gasteiger partial charge in [0.2, 0.25) is 11.8 Å². The smallest absolute Gasteiger partial charge is 0.233 e. The van der Waals surface area contributed by atoms with Gasteiger partial charge in [-0.05, 0) is 12.0 Å². The van der Waals surface area contributed by atoms with E-state index in [2.05, 4.69) is 12.1 Å². The third kappa shape index (κ3) is 1.75. The fraction of sp³-hybridized carbons (Fsp3) is 0.429. The van der Waals surface area contributed by atoms with Gasteiger partial charge in [-0.15, -0.1) is 0 Å². The van der Waals surface area contributed by atoms with E-state index in [1.54, 1.807) is 18.8 Å². The zero-order chi connectivity index (χ0) is 12.7. The monoisotopic (exact) mass is 261 g/mol. The van der Waals surface area contributed by atoms with Gasteiger partial charge in [0, 0.05) is 18.1 Å². The summed E-state index contributed by atoms with van der Waals surface area (Å²) in [5, 5.41) is 0.249. The molecule has 0 saturated carbocycles. The lowest BCUT2D eigenvalue weighted by Gasteiger charge is -2.16. The second-order valence-corrected chi connectivity index (χ2v) is 6.20. The number of nitrogens with zero attached hydrogens (tertiary/aromatic N) is 1. The third-order valence-corrected chi connectivity index (χ3v) is 5.31. The van der Waals surface area contributed by atoms with Gasteiger partial charge in [-0.3, -0.25) is 14.5 Å². The first kappa shape index (κ1) is 11.8. The summed E-state index contributed by atoms with van der Waals surface area (Å²) >= 11 is 1.77. The highest BCUT2D eigenvalue weighted by Gasteiger charge is 2.53. The number of carbonyl (C=O) groups excluding carboxylic acids is 2. The number of hydrogen-bond donors (Lipinski definition) is 0. The molecule has 2 heterocycles. The molecule has 0 bridgehead atoms. The summed E-state index contributed by atoms with van der Waals surface area (Å²) in [6.45, 7) is 0. The Bertz CT molecular complexity index is 488. The van der Waals surface area contributed by atoms with Gasteiger partial charge in [0.15, 0.2) is 0 Å². The van der Waals surface area contributed by atoms with Crippen LogP contribution in [0.25, 0.3) is 0 Å². The summed E-state index contributed by atoms with van der Waals surface area (Å²) in [6.07, 6.45) is 0.875. The Morgan fingerprint density at radius 2 is 1.94 bits per heavy atom. The Kier molecular flexibility index (Phi) is 2.90. The van der Waals surface area contributed by atoms with Crippen LogP contribution in [0.2, 0.25) is 0 Å². The summed E-state index contributed by atoms with van der Waals surface area (Å²) in [5.41, 5.74) is 1.24. The Labute approximate surface area is 111 Å². The highest BCUT2D eigenvalue weighted by molar-refractivity contribution is 8.00. The minimum atomic E-state index is -0.104. The summed E-state index contributed by atoms with van der Waals surface area (Å²) < 4.78 is 0. The van der Waals surface area contributed by atoms with Crippen LogP contribution < -0.4 is 0 Å². The Balaban J connectivity index is 1.80. The molecule has 2 saturated heterocycles. The van der Waals surface area contributed by atoms with E-state index >= 15 is 0 Å². The number of benzene rings is 1. The maximum atomic E-state index is 12.1. The molecule has 0 N–H and O–H groups in total. The lowest BCUT2D eigenvalue weighted by molar-refractivity contribution is -0.138. The topological polar surface area (TPSA) is 37.4 Å². The molecule has 4 heteroatoms. The Morgan fingerprint density at radius 3 is 2.67 bits per heavy atom. The van der Waals surface area contributed by atoms with Crippen molar-refractivity contribution in [1.82, 2.24) is 4.90 Å². The van der Waals surface area contributed by atoms with E-state index in [4.69, 9.17) is 0 Å². The summed E-state index contributed by atoms with van der Waals surface area (Å²) in [7, 11) is 1.60. The third-order valence-electron chi connectivity index (χ3n) is 3.87. The lowest BCUT2D eigenvalue weighted by Crippen LogP contribution is -2.30. The van der Waals surface area contributed by atoms with Crippen molar-refractivity contribution in [2.24, 2.45) is 11.8 Å². The average Bonchev–Trinajstić information content (AvgIpc) is 2.89. The first-order valence-corrected chi connectivity index (χ1v) is 7.20. The molecule has 94 valence electrons. The van der Waals surface area contributed by atoms with E-state index in [0.29, 0.717) is 0 Å². The van der Waals surface area contributed by atoms with Crippen LogP contribution in [0.1, 0.15) is 5.56 Å². The van der Waals surface area contributed by atoms with Crippen LogP contribution in [0.5, 0.6) is 0 Å². The molecule has 0 aromatic heterocycles. The molecule has 1 aromatic rings. The van der Waals surface area contributed by atoms with Gasteiger partial charge in [-0.2, -0.15) is 11.8 Å². The SMILES string of the molecule is CN1C(=O)[C@@H]2[C@H](Cc3ccccc3)SC[C@@H]2C1=O. The molecule has 0 spiro atoms. The molecule has 2 fully saturated rings. The van der Waals surface area contributed by atoms with Crippen molar-refractivity contribution in [3.05, 3.63) is 35.9 Å². The summed E-state index contributed by atoms with van der Waals surface area (Å²) in [6, 6.07) is 10.2. The van der Waals surface area contributed by atoms with Gasteiger partial charge in [-0.25, -0.2) is 0 Å². The number of likely N-dealkylation sites (tertiary alicyclic amines) is 1. The molecule has 2 amide bonds. The van der Waals surface area contributed by atoms with Crippen molar-refractivity contribution in [1.29, 1.82) is 0 Å². The van der Waals surface area contributed by atoms with E-state index in [1.165, 1.54) is 10.5 Å². The Morgan fingerprint density at radius 1 is 1.22 bits per heavy atom. The number of rotatable bonds is 2. The van der Waals surface area contributed by atoms with E-state index in [-0.39, 0.29) is 28.9 Å². The fourth-order valence-corrected chi connectivity index (χ4v) is 4.49. The first-order valence-electron chi connectivity index (χ1n) is 6.15. The quantitative estimate of drug-likeness (QED) is 0.758. The van der Waals surface area contributed by atoms with Gasteiger partial charge in [-0.1, -0.05) is 30.3 Å². The highest BCUT2D eigenvalue weighted by Crippen LogP contribution is 2.44. The second-order valence-electron chi connectivity index (χ2n) is 4.93. The minimum Gasteiger partial charge on any atom is -0.285 e. The maximum absolute atomic E-state index is 12.1. The molecule has 0 unspecified atom stereocenters. The van der Waals surface area contributed by atoms with Crippen molar-refractivity contribution in [2.75, 3.05) is 12.8 Å². The molecule has 2 aliphatic heterocycles. The maximum Gasteiger partial charge on any atom is 0.233 e. The van der Waals surface area contributed by atoms with Gasteiger partial charge < -0.3 is 0 Å². The standard InChI is InChI=1S/C14H15NO2S/c1-15-13(16)10-8-18-11(12(10)14(15)17)7-9-5-3-2-4-6-9/h2-6,10-12H,7-8H2,1H3/t10-,11-,12-/m0/s1. The zero-order valence-electron chi connectivity index (χ0n) is 10.2.